The summed E-state index contributed by atoms with van der Waals surface area (Å²) < 4.78 is 51.1. The SMILES string of the molecule is COc1ccc(C(c2ccc(Cl)c(C(F)(F)F)c2)N2CCC(C(=O)O)CC2)cc1OC. The number of aliphatic carboxylic acids is 1. The molecule has 0 aromatic heterocycles. The second-order valence-corrected chi connectivity index (χ2v) is 7.81. The van der Waals surface area contributed by atoms with Gasteiger partial charge >= 0.3 is 12.1 Å². The molecule has 1 aliphatic rings. The number of carboxylic acid groups (broad SMARTS) is 1. The Morgan fingerprint density at radius 2 is 1.65 bits per heavy atom. The Labute approximate surface area is 183 Å². The van der Waals surface area contributed by atoms with Gasteiger partial charge in [-0.1, -0.05) is 23.7 Å². The number of carbonyl (C=O) groups is 1. The number of halogens is 4. The maximum Gasteiger partial charge on any atom is 0.417 e. The van der Waals surface area contributed by atoms with Gasteiger partial charge in [-0.2, -0.15) is 13.2 Å². The molecule has 168 valence electrons. The predicted octanol–water partition coefficient (Wildman–Crippen LogP) is 5.26. The fourth-order valence-corrected chi connectivity index (χ4v) is 4.20. The minimum atomic E-state index is -4.59. The molecule has 0 bridgehead atoms. The van der Waals surface area contributed by atoms with Crippen molar-refractivity contribution in [1.29, 1.82) is 0 Å². The lowest BCUT2D eigenvalue weighted by atomic mass is 9.90. The third kappa shape index (κ3) is 5.07. The standard InChI is InChI=1S/C22H23ClF3NO4/c1-30-18-6-4-15(12-19(18)31-2)20(27-9-7-13(8-10-27)21(28)29)14-3-5-17(23)16(11-14)22(24,25)26/h3-6,11-13,20H,7-10H2,1-2H3,(H,28,29). The number of hydrogen-bond acceptors (Lipinski definition) is 4. The van der Waals surface area contributed by atoms with E-state index in [1.54, 1.807) is 24.3 Å². The lowest BCUT2D eigenvalue weighted by molar-refractivity contribution is -0.143. The molecule has 1 heterocycles. The van der Waals surface area contributed by atoms with Gasteiger partial charge in [-0.15, -0.1) is 0 Å². The number of methoxy groups -OCH3 is 2. The first-order valence-corrected chi connectivity index (χ1v) is 10.1. The lowest BCUT2D eigenvalue weighted by Crippen LogP contribution is -2.39. The fourth-order valence-electron chi connectivity index (χ4n) is 3.97. The molecule has 0 amide bonds. The van der Waals surface area contributed by atoms with Gasteiger partial charge in [0.2, 0.25) is 0 Å². The van der Waals surface area contributed by atoms with E-state index in [4.69, 9.17) is 21.1 Å². The van der Waals surface area contributed by atoms with Gasteiger partial charge in [0.25, 0.3) is 0 Å². The van der Waals surface area contributed by atoms with Crippen LogP contribution in [0.25, 0.3) is 0 Å². The quantitative estimate of drug-likeness (QED) is 0.641. The molecular weight excluding hydrogens is 435 g/mol. The van der Waals surface area contributed by atoms with Gasteiger partial charge in [0.05, 0.1) is 36.8 Å². The Hall–Kier alpha value is -2.45. The number of hydrogen-bond donors (Lipinski definition) is 1. The lowest BCUT2D eigenvalue weighted by Gasteiger charge is -2.37. The molecule has 1 aliphatic heterocycles. The number of ether oxygens (including phenoxy) is 2. The number of piperidine rings is 1. The van der Waals surface area contributed by atoms with Gasteiger partial charge in [0.1, 0.15) is 0 Å². The summed E-state index contributed by atoms with van der Waals surface area (Å²) >= 11 is 5.82. The van der Waals surface area contributed by atoms with Crippen LogP contribution in [0.4, 0.5) is 13.2 Å². The summed E-state index contributed by atoms with van der Waals surface area (Å²) in [5.41, 5.74) is 0.220. The van der Waals surface area contributed by atoms with E-state index in [1.807, 2.05) is 4.90 Å². The van der Waals surface area contributed by atoms with E-state index in [2.05, 4.69) is 0 Å². The monoisotopic (exact) mass is 457 g/mol. The molecule has 0 spiro atoms. The van der Waals surface area contributed by atoms with Gasteiger partial charge in [0, 0.05) is 0 Å². The predicted molar refractivity (Wildman–Crippen MR) is 110 cm³/mol. The van der Waals surface area contributed by atoms with Gasteiger partial charge in [-0.05, 0) is 61.3 Å². The number of nitrogens with zero attached hydrogens (tertiary/aromatic N) is 1. The molecular formula is C22H23ClF3NO4. The van der Waals surface area contributed by atoms with Crippen molar-refractivity contribution in [3.8, 4) is 11.5 Å². The van der Waals surface area contributed by atoms with Gasteiger partial charge in [-0.3, -0.25) is 9.69 Å². The Morgan fingerprint density at radius 1 is 1.06 bits per heavy atom. The van der Waals surface area contributed by atoms with E-state index in [-0.39, 0.29) is 5.02 Å². The van der Waals surface area contributed by atoms with Crippen molar-refractivity contribution in [3.63, 3.8) is 0 Å². The topological polar surface area (TPSA) is 59.0 Å². The van der Waals surface area contributed by atoms with Gasteiger partial charge < -0.3 is 14.6 Å². The maximum atomic E-state index is 13.5. The van der Waals surface area contributed by atoms with Crippen molar-refractivity contribution in [3.05, 3.63) is 58.1 Å². The van der Waals surface area contributed by atoms with Crippen LogP contribution >= 0.6 is 11.6 Å². The highest BCUT2D eigenvalue weighted by atomic mass is 35.5. The number of carboxylic acids is 1. The molecule has 1 unspecified atom stereocenters. The summed E-state index contributed by atoms with van der Waals surface area (Å²) in [5.74, 6) is -0.358. The summed E-state index contributed by atoms with van der Waals surface area (Å²) in [5, 5.41) is 8.92. The zero-order valence-electron chi connectivity index (χ0n) is 17.1. The Kier molecular flexibility index (Phi) is 7.01. The number of rotatable bonds is 6. The van der Waals surface area contributed by atoms with E-state index in [9.17, 15) is 23.1 Å². The molecule has 9 heteroatoms. The zero-order chi connectivity index (χ0) is 22.8. The van der Waals surface area contributed by atoms with Crippen LogP contribution in [0.15, 0.2) is 36.4 Å². The van der Waals surface area contributed by atoms with E-state index < -0.39 is 29.7 Å². The maximum absolute atomic E-state index is 13.5. The highest BCUT2D eigenvalue weighted by molar-refractivity contribution is 6.31. The summed E-state index contributed by atoms with van der Waals surface area (Å²) in [6.45, 7) is 0.861. The molecule has 1 N–H and O–H groups in total. The van der Waals surface area contributed by atoms with Crippen molar-refractivity contribution < 1.29 is 32.5 Å². The molecule has 3 rings (SSSR count). The van der Waals surface area contributed by atoms with Crippen LogP contribution in [0, 0.1) is 5.92 Å². The fraction of sp³-hybridized carbons (Fsp3) is 0.409. The zero-order valence-corrected chi connectivity index (χ0v) is 17.8. The van der Waals surface area contributed by atoms with Crippen molar-refractivity contribution in [1.82, 2.24) is 4.90 Å². The van der Waals surface area contributed by atoms with Crippen LogP contribution in [0.5, 0.6) is 11.5 Å². The molecule has 0 saturated carbocycles. The second-order valence-electron chi connectivity index (χ2n) is 7.40. The van der Waals surface area contributed by atoms with E-state index in [1.165, 1.54) is 20.3 Å². The minimum Gasteiger partial charge on any atom is -0.493 e. The average molecular weight is 458 g/mol. The summed E-state index contributed by atoms with van der Waals surface area (Å²) in [6, 6.07) is 8.55. The summed E-state index contributed by atoms with van der Waals surface area (Å²) in [4.78, 5) is 13.3. The third-order valence-electron chi connectivity index (χ3n) is 5.58. The Balaban J connectivity index is 2.07. The summed E-state index contributed by atoms with van der Waals surface area (Å²) in [7, 11) is 2.99. The molecule has 0 aliphatic carbocycles. The van der Waals surface area contributed by atoms with Crippen molar-refractivity contribution in [2.45, 2.75) is 25.1 Å². The molecule has 1 fully saturated rings. The van der Waals surface area contributed by atoms with E-state index in [0.29, 0.717) is 48.6 Å². The number of likely N-dealkylation sites (tertiary alicyclic amines) is 1. The van der Waals surface area contributed by atoms with Crippen LogP contribution < -0.4 is 9.47 Å². The average Bonchev–Trinajstić information content (AvgIpc) is 2.74. The Morgan fingerprint density at radius 3 is 2.19 bits per heavy atom. The van der Waals surface area contributed by atoms with Crippen molar-refractivity contribution >= 4 is 17.6 Å². The first kappa shape index (κ1) is 23.2. The molecule has 2 aromatic rings. The van der Waals surface area contributed by atoms with E-state index in [0.717, 1.165) is 6.07 Å². The molecule has 5 nitrogen and oxygen atoms in total. The highest BCUT2D eigenvalue weighted by Gasteiger charge is 2.36. The van der Waals surface area contributed by atoms with Crippen LogP contribution in [0.3, 0.4) is 0 Å². The Bertz CT molecular complexity index is 943. The van der Waals surface area contributed by atoms with Crippen LogP contribution in [0.1, 0.15) is 35.6 Å². The molecule has 31 heavy (non-hydrogen) atoms. The minimum absolute atomic E-state index is 0.369. The largest absolute Gasteiger partial charge is 0.493 e. The van der Waals surface area contributed by atoms with Gasteiger partial charge in [-0.25, -0.2) is 0 Å². The first-order chi connectivity index (χ1) is 14.7. The molecule has 1 saturated heterocycles. The molecule has 1 atom stereocenters. The first-order valence-electron chi connectivity index (χ1n) is 9.71. The third-order valence-corrected chi connectivity index (χ3v) is 5.91. The number of alkyl halides is 3. The molecule has 2 aromatic carbocycles. The van der Waals surface area contributed by atoms with E-state index >= 15 is 0 Å². The van der Waals surface area contributed by atoms with Gasteiger partial charge in [0.15, 0.2) is 11.5 Å². The summed E-state index contributed by atoms with van der Waals surface area (Å²) in [6.07, 6.45) is -3.76. The normalized spacial score (nSPS) is 16.7. The van der Waals surface area contributed by atoms with Crippen molar-refractivity contribution in [2.75, 3.05) is 27.3 Å². The van der Waals surface area contributed by atoms with Crippen molar-refractivity contribution in [2.24, 2.45) is 5.92 Å². The van der Waals surface area contributed by atoms with Crippen LogP contribution in [0.2, 0.25) is 5.02 Å². The van der Waals surface area contributed by atoms with Crippen LogP contribution in [-0.4, -0.2) is 43.3 Å². The second kappa shape index (κ2) is 9.36. The molecule has 0 radical (unpaired) electrons. The number of benzene rings is 2. The highest BCUT2D eigenvalue weighted by Crippen LogP contribution is 2.41. The smallest absolute Gasteiger partial charge is 0.417 e. The van der Waals surface area contributed by atoms with Crippen LogP contribution in [-0.2, 0) is 11.0 Å².